The smallest absolute Gasteiger partial charge is 0.226 e. The number of halogens is 1. The summed E-state index contributed by atoms with van der Waals surface area (Å²) in [5.41, 5.74) is 0. The third-order valence-corrected chi connectivity index (χ3v) is 2.13. The Bertz CT molecular complexity index is 355. The van der Waals surface area contributed by atoms with Gasteiger partial charge < -0.3 is 10.6 Å². The Hall–Kier alpha value is -1.13. The minimum absolute atomic E-state index is 0.0667. The first-order valence-corrected chi connectivity index (χ1v) is 5.60. The molecule has 1 heterocycles. The molecule has 88 valence electrons. The van der Waals surface area contributed by atoms with Crippen LogP contribution in [0, 0.1) is 0 Å². The first-order valence-electron chi connectivity index (χ1n) is 5.22. The molecule has 0 atom stereocenters. The number of anilines is 1. The first kappa shape index (κ1) is 12.9. The highest BCUT2D eigenvalue weighted by molar-refractivity contribution is 6.30. The molecule has 0 spiro atoms. The van der Waals surface area contributed by atoms with Crippen molar-refractivity contribution in [2.24, 2.45) is 0 Å². The van der Waals surface area contributed by atoms with E-state index in [2.05, 4.69) is 15.6 Å². The second-order valence-corrected chi connectivity index (χ2v) is 4.20. The summed E-state index contributed by atoms with van der Waals surface area (Å²) in [4.78, 5) is 15.5. The number of aromatic nitrogens is 1. The van der Waals surface area contributed by atoms with Gasteiger partial charge in [0.25, 0.3) is 0 Å². The molecule has 0 aromatic carbocycles. The van der Waals surface area contributed by atoms with Crippen molar-refractivity contribution < 1.29 is 4.79 Å². The van der Waals surface area contributed by atoms with Crippen molar-refractivity contribution in [2.75, 3.05) is 11.9 Å². The van der Waals surface area contributed by atoms with Crippen molar-refractivity contribution in [3.8, 4) is 0 Å². The van der Waals surface area contributed by atoms with Gasteiger partial charge in [-0.3, -0.25) is 4.79 Å². The summed E-state index contributed by atoms with van der Waals surface area (Å²) >= 11 is 5.77. The summed E-state index contributed by atoms with van der Waals surface area (Å²) in [6.45, 7) is 4.73. The average Bonchev–Trinajstić information content (AvgIpc) is 2.16. The third kappa shape index (κ3) is 5.09. The van der Waals surface area contributed by atoms with Gasteiger partial charge in [-0.1, -0.05) is 25.4 Å². The molecule has 0 aliphatic heterocycles. The van der Waals surface area contributed by atoms with E-state index < -0.39 is 0 Å². The Morgan fingerprint density at radius 1 is 1.56 bits per heavy atom. The van der Waals surface area contributed by atoms with Gasteiger partial charge in [0, 0.05) is 30.2 Å². The molecule has 0 saturated heterocycles. The van der Waals surface area contributed by atoms with Gasteiger partial charge >= 0.3 is 0 Å². The number of carbonyl (C=O) groups excluding carboxylic acids is 1. The monoisotopic (exact) mass is 241 g/mol. The molecule has 1 aromatic heterocycles. The van der Waals surface area contributed by atoms with Crippen LogP contribution in [0.15, 0.2) is 18.3 Å². The average molecular weight is 242 g/mol. The van der Waals surface area contributed by atoms with Gasteiger partial charge in [-0.2, -0.15) is 0 Å². The largest absolute Gasteiger partial charge is 0.314 e. The van der Waals surface area contributed by atoms with Crippen LogP contribution >= 0.6 is 11.6 Å². The number of hydrogen-bond acceptors (Lipinski definition) is 3. The fourth-order valence-corrected chi connectivity index (χ4v) is 1.31. The summed E-state index contributed by atoms with van der Waals surface area (Å²) in [6.07, 6.45) is 1.98. The number of carbonyl (C=O) groups is 1. The summed E-state index contributed by atoms with van der Waals surface area (Å²) < 4.78 is 0. The number of nitrogens with zero attached hydrogens (tertiary/aromatic N) is 1. The van der Waals surface area contributed by atoms with Crippen molar-refractivity contribution >= 4 is 23.3 Å². The highest BCUT2D eigenvalue weighted by Gasteiger charge is 2.03. The Kier molecular flexibility index (Phi) is 5.22. The van der Waals surface area contributed by atoms with E-state index in [4.69, 9.17) is 11.6 Å². The van der Waals surface area contributed by atoms with Gasteiger partial charge in [-0.25, -0.2) is 4.98 Å². The van der Waals surface area contributed by atoms with Gasteiger partial charge in [-0.05, 0) is 12.1 Å². The molecular formula is C11H16ClN3O. The van der Waals surface area contributed by atoms with Crippen LogP contribution in [0.5, 0.6) is 0 Å². The van der Waals surface area contributed by atoms with E-state index in [1.807, 2.05) is 13.8 Å². The maximum Gasteiger partial charge on any atom is 0.226 e. The Labute approximate surface area is 100 Å². The van der Waals surface area contributed by atoms with E-state index in [0.29, 0.717) is 29.8 Å². The van der Waals surface area contributed by atoms with Crippen molar-refractivity contribution in [3.05, 3.63) is 23.4 Å². The number of nitrogens with one attached hydrogen (secondary N) is 2. The SMILES string of the molecule is CC(C)NCCC(=O)Nc1cc(Cl)ccn1. The fourth-order valence-electron chi connectivity index (χ4n) is 1.15. The first-order chi connectivity index (χ1) is 7.58. The molecule has 0 bridgehead atoms. The predicted octanol–water partition coefficient (Wildman–Crippen LogP) is 2.06. The van der Waals surface area contributed by atoms with Crippen LogP contribution in [0.25, 0.3) is 0 Å². The van der Waals surface area contributed by atoms with E-state index in [0.717, 1.165) is 0 Å². The van der Waals surface area contributed by atoms with E-state index in [-0.39, 0.29) is 5.91 Å². The van der Waals surface area contributed by atoms with Gasteiger partial charge in [-0.15, -0.1) is 0 Å². The molecule has 0 radical (unpaired) electrons. The minimum atomic E-state index is -0.0667. The van der Waals surface area contributed by atoms with Gasteiger partial charge in [0.1, 0.15) is 5.82 Å². The predicted molar refractivity (Wildman–Crippen MR) is 65.6 cm³/mol. The summed E-state index contributed by atoms with van der Waals surface area (Å²) in [5.74, 6) is 0.421. The van der Waals surface area contributed by atoms with E-state index in [1.165, 1.54) is 0 Å². The minimum Gasteiger partial charge on any atom is -0.314 e. The lowest BCUT2D eigenvalue weighted by Gasteiger charge is -2.08. The second kappa shape index (κ2) is 6.45. The van der Waals surface area contributed by atoms with Gasteiger partial charge in [0.15, 0.2) is 0 Å². The maximum atomic E-state index is 11.5. The zero-order valence-electron chi connectivity index (χ0n) is 9.46. The highest BCUT2D eigenvalue weighted by Crippen LogP contribution is 2.11. The zero-order valence-corrected chi connectivity index (χ0v) is 10.2. The van der Waals surface area contributed by atoms with Crippen LogP contribution in [-0.4, -0.2) is 23.5 Å². The molecule has 16 heavy (non-hydrogen) atoms. The molecule has 1 aromatic rings. The van der Waals surface area contributed by atoms with Crippen molar-refractivity contribution in [1.82, 2.24) is 10.3 Å². The molecule has 0 aliphatic rings. The van der Waals surface area contributed by atoms with Crippen LogP contribution in [0.3, 0.4) is 0 Å². The highest BCUT2D eigenvalue weighted by atomic mass is 35.5. The molecular weight excluding hydrogens is 226 g/mol. The van der Waals surface area contributed by atoms with Crippen LogP contribution in [0.4, 0.5) is 5.82 Å². The molecule has 1 amide bonds. The summed E-state index contributed by atoms with van der Waals surface area (Å²) in [5, 5.41) is 6.41. The molecule has 4 nitrogen and oxygen atoms in total. The summed E-state index contributed by atoms with van der Waals surface area (Å²) in [6, 6.07) is 3.67. The molecule has 0 unspecified atom stereocenters. The van der Waals surface area contributed by atoms with Crippen LogP contribution in [-0.2, 0) is 4.79 Å². The molecule has 1 rings (SSSR count). The molecule has 2 N–H and O–H groups in total. The number of amides is 1. The maximum absolute atomic E-state index is 11.5. The Morgan fingerprint density at radius 3 is 2.94 bits per heavy atom. The number of pyridine rings is 1. The normalized spacial score (nSPS) is 10.5. The fraction of sp³-hybridized carbons (Fsp3) is 0.455. The Balaban J connectivity index is 2.34. The summed E-state index contributed by atoms with van der Waals surface area (Å²) in [7, 11) is 0. The number of rotatable bonds is 5. The van der Waals surface area contributed by atoms with Crippen LogP contribution < -0.4 is 10.6 Å². The lowest BCUT2D eigenvalue weighted by atomic mass is 10.3. The topological polar surface area (TPSA) is 54.0 Å². The van der Waals surface area contributed by atoms with E-state index >= 15 is 0 Å². The van der Waals surface area contributed by atoms with Crippen LogP contribution in [0.2, 0.25) is 5.02 Å². The van der Waals surface area contributed by atoms with Crippen molar-refractivity contribution in [3.63, 3.8) is 0 Å². The van der Waals surface area contributed by atoms with Crippen molar-refractivity contribution in [1.29, 1.82) is 0 Å². The Morgan fingerprint density at radius 2 is 2.31 bits per heavy atom. The number of hydrogen-bond donors (Lipinski definition) is 2. The lowest BCUT2D eigenvalue weighted by molar-refractivity contribution is -0.116. The molecule has 5 heteroatoms. The van der Waals surface area contributed by atoms with Gasteiger partial charge in [0.2, 0.25) is 5.91 Å². The van der Waals surface area contributed by atoms with E-state index in [9.17, 15) is 4.79 Å². The zero-order chi connectivity index (χ0) is 12.0. The van der Waals surface area contributed by atoms with Crippen molar-refractivity contribution in [2.45, 2.75) is 26.3 Å². The third-order valence-electron chi connectivity index (χ3n) is 1.89. The second-order valence-electron chi connectivity index (χ2n) is 3.77. The van der Waals surface area contributed by atoms with Gasteiger partial charge in [0.05, 0.1) is 0 Å². The molecule has 0 fully saturated rings. The standard InChI is InChI=1S/C11H16ClN3O/c1-8(2)13-6-4-11(16)15-10-7-9(12)3-5-14-10/h3,5,7-8,13H,4,6H2,1-2H3,(H,14,15,16). The van der Waals surface area contributed by atoms with Crippen LogP contribution in [0.1, 0.15) is 20.3 Å². The van der Waals surface area contributed by atoms with E-state index in [1.54, 1.807) is 18.3 Å². The molecule has 0 saturated carbocycles. The quantitative estimate of drug-likeness (QED) is 0.830. The lowest BCUT2D eigenvalue weighted by Crippen LogP contribution is -2.27. The molecule has 0 aliphatic carbocycles.